The molecule has 1 aromatic heterocycles. The number of nitrogens with zero attached hydrogens (tertiary/aromatic N) is 3. The molecule has 0 saturated heterocycles. The normalized spacial score (nSPS) is 27.9. The molecular weight excluding hydrogens is 401 g/mol. The number of benzene rings is 1. The number of aliphatic imine (C=N–C) groups is 1. The number of carbonyl (C=O) groups excluding carboxylic acids is 1. The number of nitrogens with one attached hydrogen (secondary N) is 1. The van der Waals surface area contributed by atoms with Crippen LogP contribution in [0.25, 0.3) is 0 Å². The fraction of sp³-hybridized carbons (Fsp3) is 0.263. The number of rotatable bonds is 3. The third-order valence-electron chi connectivity index (χ3n) is 5.14. The first-order valence-corrected chi connectivity index (χ1v) is 9.65. The average molecular weight is 416 g/mol. The summed E-state index contributed by atoms with van der Waals surface area (Å²) in [5, 5.41) is 12.9. The van der Waals surface area contributed by atoms with Crippen molar-refractivity contribution >= 4 is 40.1 Å². The minimum absolute atomic E-state index is 0.152. The minimum atomic E-state index is -0.978. The molecule has 3 N–H and O–H groups in total. The Labute approximate surface area is 170 Å². The molecule has 28 heavy (non-hydrogen) atoms. The van der Waals surface area contributed by atoms with E-state index < -0.39 is 22.0 Å². The molecule has 1 amide bonds. The van der Waals surface area contributed by atoms with Gasteiger partial charge in [0.25, 0.3) is 5.91 Å². The zero-order valence-electron chi connectivity index (χ0n) is 14.7. The lowest BCUT2D eigenvalue weighted by molar-refractivity contribution is 0.102. The Morgan fingerprint density at radius 2 is 2.25 bits per heavy atom. The molecule has 1 aliphatic carbocycles. The Morgan fingerprint density at radius 1 is 1.46 bits per heavy atom. The van der Waals surface area contributed by atoms with Crippen LogP contribution in [0, 0.1) is 23.1 Å². The molecule has 1 aromatic carbocycles. The van der Waals surface area contributed by atoms with Crippen molar-refractivity contribution in [1.82, 2.24) is 4.98 Å². The lowest BCUT2D eigenvalue weighted by Gasteiger charge is -2.32. The first-order valence-electron chi connectivity index (χ1n) is 8.46. The Bertz CT molecular complexity index is 1050. The number of amides is 1. The fourth-order valence-electron chi connectivity index (χ4n) is 3.62. The van der Waals surface area contributed by atoms with E-state index in [0.717, 1.165) is 0 Å². The molecule has 0 spiro atoms. The summed E-state index contributed by atoms with van der Waals surface area (Å²) in [5.41, 5.74) is 5.83. The molecular formula is C19H15ClFN5OS. The smallest absolute Gasteiger partial charge is 0.274 e. The van der Waals surface area contributed by atoms with E-state index in [1.54, 1.807) is 13.0 Å². The molecule has 2 aliphatic rings. The van der Waals surface area contributed by atoms with Crippen LogP contribution < -0.4 is 11.1 Å². The maximum atomic E-state index is 14.7. The molecule has 1 aliphatic heterocycles. The van der Waals surface area contributed by atoms with Gasteiger partial charge in [-0.15, -0.1) is 0 Å². The van der Waals surface area contributed by atoms with E-state index in [9.17, 15) is 14.4 Å². The highest BCUT2D eigenvalue weighted by molar-refractivity contribution is 8.15. The predicted molar refractivity (Wildman–Crippen MR) is 107 cm³/mol. The van der Waals surface area contributed by atoms with Crippen molar-refractivity contribution in [3.05, 3.63) is 58.6 Å². The summed E-state index contributed by atoms with van der Waals surface area (Å²) in [6.07, 6.45) is 1.96. The number of pyridine rings is 1. The second-order valence-corrected chi connectivity index (χ2v) is 8.76. The molecule has 4 rings (SSSR count). The van der Waals surface area contributed by atoms with Gasteiger partial charge in [0.15, 0.2) is 5.17 Å². The Balaban J connectivity index is 1.67. The summed E-state index contributed by atoms with van der Waals surface area (Å²) in [4.78, 5) is 20.8. The average Bonchev–Trinajstić information content (AvgIpc) is 3.39. The molecule has 2 aromatic rings. The van der Waals surface area contributed by atoms with Gasteiger partial charge in [0.05, 0.1) is 16.6 Å². The van der Waals surface area contributed by atoms with Crippen LogP contribution in [0.3, 0.4) is 0 Å². The standard InChI is InChI=1S/C19H15ClFN5OS/c1-18(15-7-19(15,9-22)28-17(23)26-18)12-6-11(3-4-13(12)21)25-16(27)14-5-2-10(20)8-24-14/h2-6,8,15H,7H2,1H3,(H2,23,26)(H,25,27)/t15-,18+,19+/m0/s1. The van der Waals surface area contributed by atoms with Crippen molar-refractivity contribution in [2.45, 2.75) is 23.6 Å². The summed E-state index contributed by atoms with van der Waals surface area (Å²) in [6.45, 7) is 1.77. The highest BCUT2D eigenvalue weighted by Crippen LogP contribution is 2.65. The van der Waals surface area contributed by atoms with Crippen molar-refractivity contribution in [3.63, 3.8) is 0 Å². The Hall–Kier alpha value is -2.63. The van der Waals surface area contributed by atoms with E-state index >= 15 is 0 Å². The maximum absolute atomic E-state index is 14.7. The van der Waals surface area contributed by atoms with Gasteiger partial charge in [-0.2, -0.15) is 5.26 Å². The third kappa shape index (κ3) is 3.01. The molecule has 6 nitrogen and oxygen atoms in total. The van der Waals surface area contributed by atoms with Gasteiger partial charge in [0.2, 0.25) is 0 Å². The molecule has 0 bridgehead atoms. The number of nitrogens with two attached hydrogens (primary N) is 1. The van der Waals surface area contributed by atoms with E-state index in [1.807, 2.05) is 0 Å². The van der Waals surface area contributed by atoms with E-state index in [1.165, 1.54) is 42.2 Å². The quantitative estimate of drug-likeness (QED) is 0.795. The summed E-state index contributed by atoms with van der Waals surface area (Å²) in [7, 11) is 0. The van der Waals surface area contributed by atoms with Gasteiger partial charge in [0, 0.05) is 23.4 Å². The molecule has 3 atom stereocenters. The monoisotopic (exact) mass is 415 g/mol. The summed E-state index contributed by atoms with van der Waals surface area (Å²) in [5.74, 6) is -1.06. The van der Waals surface area contributed by atoms with Crippen molar-refractivity contribution < 1.29 is 9.18 Å². The summed E-state index contributed by atoms with van der Waals surface area (Å²) in [6, 6.07) is 9.63. The molecule has 9 heteroatoms. The maximum Gasteiger partial charge on any atom is 0.274 e. The van der Waals surface area contributed by atoms with Gasteiger partial charge >= 0.3 is 0 Å². The van der Waals surface area contributed by atoms with Crippen LogP contribution in [0.15, 0.2) is 41.5 Å². The molecule has 1 fully saturated rings. The van der Waals surface area contributed by atoms with Gasteiger partial charge in [0.1, 0.15) is 16.3 Å². The predicted octanol–water partition coefficient (Wildman–Crippen LogP) is 3.69. The zero-order chi connectivity index (χ0) is 20.1. The molecule has 142 valence electrons. The SMILES string of the molecule is C[C@]1(c2cc(NC(=O)c3ccc(Cl)cn3)ccc2F)N=C(N)S[C@@]2(C#N)C[C@H]21. The van der Waals surface area contributed by atoms with Crippen LogP contribution in [-0.4, -0.2) is 20.8 Å². The van der Waals surface area contributed by atoms with Crippen molar-refractivity contribution in [2.75, 3.05) is 5.32 Å². The fourth-order valence-corrected chi connectivity index (χ4v) is 5.00. The van der Waals surface area contributed by atoms with Gasteiger partial charge < -0.3 is 11.1 Å². The van der Waals surface area contributed by atoms with Crippen molar-refractivity contribution in [1.29, 1.82) is 5.26 Å². The first kappa shape index (κ1) is 18.7. The van der Waals surface area contributed by atoms with Crippen LogP contribution in [0.1, 0.15) is 29.4 Å². The van der Waals surface area contributed by atoms with Crippen LogP contribution >= 0.6 is 23.4 Å². The number of hydrogen-bond donors (Lipinski definition) is 2. The van der Waals surface area contributed by atoms with Gasteiger partial charge in [-0.25, -0.2) is 9.37 Å². The molecule has 0 radical (unpaired) electrons. The molecule has 0 unspecified atom stereocenters. The number of thioether (sulfide) groups is 1. The zero-order valence-corrected chi connectivity index (χ0v) is 16.3. The second kappa shape index (κ2) is 6.47. The van der Waals surface area contributed by atoms with Crippen LogP contribution in [0.5, 0.6) is 0 Å². The van der Waals surface area contributed by atoms with Gasteiger partial charge in [-0.1, -0.05) is 23.4 Å². The minimum Gasteiger partial charge on any atom is -0.378 e. The number of anilines is 1. The number of halogens is 2. The number of hydrogen-bond acceptors (Lipinski definition) is 6. The van der Waals surface area contributed by atoms with E-state index in [-0.39, 0.29) is 16.8 Å². The van der Waals surface area contributed by atoms with Crippen LogP contribution in [-0.2, 0) is 5.54 Å². The van der Waals surface area contributed by atoms with E-state index in [0.29, 0.717) is 22.7 Å². The highest BCUT2D eigenvalue weighted by Gasteiger charge is 2.67. The lowest BCUT2D eigenvalue weighted by Crippen LogP contribution is -2.35. The summed E-state index contributed by atoms with van der Waals surface area (Å²) >= 11 is 7.02. The van der Waals surface area contributed by atoms with Gasteiger partial charge in [-0.3, -0.25) is 9.79 Å². The lowest BCUT2D eigenvalue weighted by atomic mass is 9.85. The number of nitriles is 1. The Kier molecular flexibility index (Phi) is 4.32. The molecule has 1 saturated carbocycles. The molecule has 2 heterocycles. The Morgan fingerprint density at radius 3 is 2.93 bits per heavy atom. The first-order chi connectivity index (χ1) is 13.3. The number of fused-ring (bicyclic) bond motifs is 1. The highest BCUT2D eigenvalue weighted by atomic mass is 35.5. The summed E-state index contributed by atoms with van der Waals surface area (Å²) < 4.78 is 14.0. The number of aromatic nitrogens is 1. The van der Waals surface area contributed by atoms with Crippen LogP contribution in [0.2, 0.25) is 5.02 Å². The van der Waals surface area contributed by atoms with E-state index in [2.05, 4.69) is 21.4 Å². The third-order valence-corrected chi connectivity index (χ3v) is 6.57. The second-order valence-electron chi connectivity index (χ2n) is 6.97. The number of amidine groups is 1. The van der Waals surface area contributed by atoms with E-state index in [4.69, 9.17) is 17.3 Å². The number of carbonyl (C=O) groups is 1. The van der Waals surface area contributed by atoms with Crippen molar-refractivity contribution in [3.8, 4) is 6.07 Å². The van der Waals surface area contributed by atoms with Gasteiger partial charge in [-0.05, 0) is 43.7 Å². The topological polar surface area (TPSA) is 104 Å². The van der Waals surface area contributed by atoms with Crippen molar-refractivity contribution in [2.24, 2.45) is 16.6 Å². The van der Waals surface area contributed by atoms with Crippen LogP contribution in [0.4, 0.5) is 10.1 Å². The largest absolute Gasteiger partial charge is 0.378 e.